The second-order valence-corrected chi connectivity index (χ2v) is 6.58. The SMILES string of the molecule is CCn1c(C(C)N(C)C(=O)c2ccccc2)nc2ccc(Cl)cc2c1=O. The van der Waals surface area contributed by atoms with E-state index in [1.54, 1.807) is 46.8 Å². The number of carbonyl (C=O) groups excluding carboxylic acids is 1. The molecule has 0 fully saturated rings. The second kappa shape index (κ2) is 7.30. The van der Waals surface area contributed by atoms with Crippen LogP contribution >= 0.6 is 11.6 Å². The zero-order valence-electron chi connectivity index (χ0n) is 14.9. The average Bonchev–Trinajstić information content (AvgIpc) is 2.67. The Morgan fingerprint density at radius 2 is 1.92 bits per heavy atom. The van der Waals surface area contributed by atoms with Crippen LogP contribution in [0, 0.1) is 0 Å². The van der Waals surface area contributed by atoms with Gasteiger partial charge in [-0.15, -0.1) is 0 Å². The van der Waals surface area contributed by atoms with Crippen molar-refractivity contribution in [2.75, 3.05) is 7.05 Å². The molecule has 1 atom stereocenters. The Morgan fingerprint density at radius 3 is 2.58 bits per heavy atom. The van der Waals surface area contributed by atoms with E-state index in [-0.39, 0.29) is 17.5 Å². The highest BCUT2D eigenvalue weighted by Gasteiger charge is 2.23. The van der Waals surface area contributed by atoms with Gasteiger partial charge in [0.2, 0.25) is 0 Å². The zero-order valence-corrected chi connectivity index (χ0v) is 15.7. The molecule has 0 saturated carbocycles. The fraction of sp³-hybridized carbons (Fsp3) is 0.250. The molecule has 0 aliphatic rings. The van der Waals surface area contributed by atoms with Crippen molar-refractivity contribution in [3.63, 3.8) is 0 Å². The number of aromatic nitrogens is 2. The number of hydrogen-bond acceptors (Lipinski definition) is 3. The van der Waals surface area contributed by atoms with Crippen molar-refractivity contribution in [2.24, 2.45) is 0 Å². The van der Waals surface area contributed by atoms with E-state index in [4.69, 9.17) is 11.6 Å². The monoisotopic (exact) mass is 369 g/mol. The molecule has 0 aliphatic carbocycles. The van der Waals surface area contributed by atoms with Crippen LogP contribution in [-0.4, -0.2) is 27.4 Å². The number of fused-ring (bicyclic) bond motifs is 1. The van der Waals surface area contributed by atoms with E-state index in [2.05, 4.69) is 4.98 Å². The topological polar surface area (TPSA) is 55.2 Å². The summed E-state index contributed by atoms with van der Waals surface area (Å²) in [6.45, 7) is 4.21. The van der Waals surface area contributed by atoms with E-state index in [1.807, 2.05) is 32.0 Å². The predicted octanol–water partition coefficient (Wildman–Crippen LogP) is 3.90. The summed E-state index contributed by atoms with van der Waals surface area (Å²) in [6, 6.07) is 13.8. The zero-order chi connectivity index (χ0) is 18.8. The smallest absolute Gasteiger partial charge is 0.261 e. The van der Waals surface area contributed by atoms with Gasteiger partial charge < -0.3 is 4.90 Å². The van der Waals surface area contributed by atoms with Crippen LogP contribution in [0.25, 0.3) is 10.9 Å². The Labute approximate surface area is 156 Å². The van der Waals surface area contributed by atoms with Crippen molar-refractivity contribution in [3.05, 3.63) is 75.3 Å². The first-order valence-electron chi connectivity index (χ1n) is 8.46. The van der Waals surface area contributed by atoms with Crippen molar-refractivity contribution >= 4 is 28.4 Å². The largest absolute Gasteiger partial charge is 0.332 e. The van der Waals surface area contributed by atoms with E-state index >= 15 is 0 Å². The Bertz CT molecular complexity index is 1010. The van der Waals surface area contributed by atoms with Gasteiger partial charge >= 0.3 is 0 Å². The lowest BCUT2D eigenvalue weighted by atomic mass is 10.1. The Hall–Kier alpha value is -2.66. The summed E-state index contributed by atoms with van der Waals surface area (Å²) in [5.41, 5.74) is 1.02. The van der Waals surface area contributed by atoms with Crippen LogP contribution in [0.1, 0.15) is 36.1 Å². The van der Waals surface area contributed by atoms with Crippen molar-refractivity contribution in [1.82, 2.24) is 14.5 Å². The molecule has 0 saturated heterocycles. The molecular weight excluding hydrogens is 350 g/mol. The molecule has 6 heteroatoms. The van der Waals surface area contributed by atoms with Gasteiger partial charge in [-0.1, -0.05) is 29.8 Å². The molecule has 0 radical (unpaired) electrons. The summed E-state index contributed by atoms with van der Waals surface area (Å²) < 4.78 is 1.60. The predicted molar refractivity (Wildman–Crippen MR) is 104 cm³/mol. The van der Waals surface area contributed by atoms with E-state index in [9.17, 15) is 9.59 Å². The van der Waals surface area contributed by atoms with Gasteiger partial charge in [-0.2, -0.15) is 0 Å². The van der Waals surface area contributed by atoms with Gasteiger partial charge in [0, 0.05) is 24.2 Å². The van der Waals surface area contributed by atoms with Crippen molar-refractivity contribution < 1.29 is 4.79 Å². The van der Waals surface area contributed by atoms with Gasteiger partial charge in [-0.3, -0.25) is 14.2 Å². The molecule has 0 bridgehead atoms. The van der Waals surface area contributed by atoms with Gasteiger partial charge in [0.15, 0.2) is 0 Å². The van der Waals surface area contributed by atoms with Gasteiger partial charge in [0.25, 0.3) is 11.5 Å². The molecule has 3 aromatic rings. The second-order valence-electron chi connectivity index (χ2n) is 6.14. The molecule has 1 aromatic heterocycles. The molecule has 1 heterocycles. The van der Waals surface area contributed by atoms with Crippen LogP contribution in [0.3, 0.4) is 0 Å². The number of hydrogen-bond donors (Lipinski definition) is 0. The maximum atomic E-state index is 12.9. The van der Waals surface area contributed by atoms with Gasteiger partial charge in [0.05, 0.1) is 16.9 Å². The molecule has 134 valence electrons. The van der Waals surface area contributed by atoms with Crippen molar-refractivity contribution in [1.29, 1.82) is 0 Å². The minimum atomic E-state index is -0.365. The molecule has 5 nitrogen and oxygen atoms in total. The summed E-state index contributed by atoms with van der Waals surface area (Å²) in [5.74, 6) is 0.435. The van der Waals surface area contributed by atoms with Crippen LogP contribution < -0.4 is 5.56 Å². The third-order valence-corrected chi connectivity index (χ3v) is 4.79. The van der Waals surface area contributed by atoms with Gasteiger partial charge in [-0.25, -0.2) is 4.98 Å². The van der Waals surface area contributed by atoms with Crippen molar-refractivity contribution in [3.8, 4) is 0 Å². The summed E-state index contributed by atoms with van der Waals surface area (Å²) >= 11 is 6.02. The van der Waals surface area contributed by atoms with Gasteiger partial charge in [0.1, 0.15) is 5.82 Å². The molecular formula is C20H20ClN3O2. The minimum Gasteiger partial charge on any atom is -0.332 e. The van der Waals surface area contributed by atoms with Crippen molar-refractivity contribution in [2.45, 2.75) is 26.4 Å². The fourth-order valence-electron chi connectivity index (χ4n) is 2.97. The summed E-state index contributed by atoms with van der Waals surface area (Å²) in [6.07, 6.45) is 0. The number of halogens is 1. The summed E-state index contributed by atoms with van der Waals surface area (Å²) in [4.78, 5) is 31.9. The molecule has 1 amide bonds. The van der Waals surface area contributed by atoms with Crippen LogP contribution in [-0.2, 0) is 6.54 Å². The Kier molecular flexibility index (Phi) is 5.09. The number of nitrogens with zero attached hydrogens (tertiary/aromatic N) is 3. The summed E-state index contributed by atoms with van der Waals surface area (Å²) in [7, 11) is 1.72. The molecule has 0 spiro atoms. The van der Waals surface area contributed by atoms with Crippen LogP contribution in [0.15, 0.2) is 53.3 Å². The maximum absolute atomic E-state index is 12.9. The van der Waals surface area contributed by atoms with E-state index in [0.29, 0.717) is 33.9 Å². The van der Waals surface area contributed by atoms with Crippen LogP contribution in [0.2, 0.25) is 5.02 Å². The highest BCUT2D eigenvalue weighted by molar-refractivity contribution is 6.31. The molecule has 0 N–H and O–H groups in total. The van der Waals surface area contributed by atoms with E-state index < -0.39 is 0 Å². The first-order chi connectivity index (χ1) is 12.4. The Morgan fingerprint density at radius 1 is 1.23 bits per heavy atom. The lowest BCUT2D eigenvalue weighted by Gasteiger charge is -2.26. The van der Waals surface area contributed by atoms with E-state index in [1.165, 1.54) is 0 Å². The standard InChI is InChI=1S/C20H20ClN3O2/c1-4-24-18(22-17-11-10-15(21)12-16(17)20(24)26)13(2)23(3)19(25)14-8-6-5-7-9-14/h5-13H,4H2,1-3H3. The third kappa shape index (κ3) is 3.22. The molecule has 0 aliphatic heterocycles. The highest BCUT2D eigenvalue weighted by atomic mass is 35.5. The number of amides is 1. The van der Waals surface area contributed by atoms with Crippen LogP contribution in [0.4, 0.5) is 0 Å². The first kappa shape index (κ1) is 18.1. The number of carbonyl (C=O) groups is 1. The third-order valence-electron chi connectivity index (χ3n) is 4.56. The fourth-order valence-corrected chi connectivity index (χ4v) is 3.14. The highest BCUT2D eigenvalue weighted by Crippen LogP contribution is 2.22. The molecule has 2 aromatic carbocycles. The lowest BCUT2D eigenvalue weighted by Crippen LogP contribution is -2.35. The first-order valence-corrected chi connectivity index (χ1v) is 8.84. The van der Waals surface area contributed by atoms with Gasteiger partial charge in [-0.05, 0) is 44.2 Å². The lowest BCUT2D eigenvalue weighted by molar-refractivity contribution is 0.0733. The number of benzene rings is 2. The summed E-state index contributed by atoms with van der Waals surface area (Å²) in [5, 5.41) is 0.976. The quantitative estimate of drug-likeness (QED) is 0.700. The molecule has 3 rings (SSSR count). The minimum absolute atomic E-state index is 0.119. The number of rotatable bonds is 4. The maximum Gasteiger partial charge on any atom is 0.261 e. The molecule has 26 heavy (non-hydrogen) atoms. The van der Waals surface area contributed by atoms with E-state index in [0.717, 1.165) is 0 Å². The average molecular weight is 370 g/mol. The normalized spacial score (nSPS) is 12.2. The van der Waals surface area contributed by atoms with Crippen LogP contribution in [0.5, 0.6) is 0 Å². The Balaban J connectivity index is 2.07. The molecule has 1 unspecified atom stereocenters.